The molecule has 0 amide bonds. The first-order valence-electron chi connectivity index (χ1n) is 7.20. The summed E-state index contributed by atoms with van der Waals surface area (Å²) in [7, 11) is 0. The topological polar surface area (TPSA) is 64.1 Å². The second-order valence-corrected chi connectivity index (χ2v) is 5.45. The van der Waals surface area contributed by atoms with E-state index in [0.717, 1.165) is 16.6 Å². The Morgan fingerprint density at radius 1 is 1.18 bits per heavy atom. The molecule has 2 aromatic carbocycles. The summed E-state index contributed by atoms with van der Waals surface area (Å²) in [5, 5.41) is 9.76. The van der Waals surface area contributed by atoms with Crippen molar-refractivity contribution >= 4 is 11.0 Å². The predicted molar refractivity (Wildman–Crippen MR) is 83.8 cm³/mol. The number of imidazole rings is 1. The number of aliphatic hydroxyl groups excluding tert-OH is 1. The maximum Gasteiger partial charge on any atom is 0.131 e. The Balaban J connectivity index is 2.10. The molecule has 2 unspecified atom stereocenters. The summed E-state index contributed by atoms with van der Waals surface area (Å²) in [6.07, 6.45) is -0.517. The summed E-state index contributed by atoms with van der Waals surface area (Å²) in [4.78, 5) is 4.60. The Morgan fingerprint density at radius 2 is 1.86 bits per heavy atom. The van der Waals surface area contributed by atoms with Crippen LogP contribution in [0.4, 0.5) is 4.39 Å². The number of aromatic nitrogens is 2. The van der Waals surface area contributed by atoms with Crippen molar-refractivity contribution in [1.82, 2.24) is 9.55 Å². The van der Waals surface area contributed by atoms with Crippen LogP contribution in [-0.2, 0) is 6.54 Å². The van der Waals surface area contributed by atoms with Crippen LogP contribution in [-0.4, -0.2) is 20.8 Å². The first-order valence-corrected chi connectivity index (χ1v) is 7.20. The number of nitrogens with zero attached hydrogens (tertiary/aromatic N) is 2. The summed E-state index contributed by atoms with van der Waals surface area (Å²) >= 11 is 0. The Labute approximate surface area is 128 Å². The summed E-state index contributed by atoms with van der Waals surface area (Å²) in [6.45, 7) is 2.13. The Hall–Kier alpha value is -2.24. The van der Waals surface area contributed by atoms with E-state index in [1.54, 1.807) is 19.1 Å². The quantitative estimate of drug-likeness (QED) is 0.778. The molecule has 3 N–H and O–H groups in total. The largest absolute Gasteiger partial charge is 0.392 e. The molecule has 2 atom stereocenters. The van der Waals surface area contributed by atoms with Gasteiger partial charge in [-0.25, -0.2) is 9.37 Å². The van der Waals surface area contributed by atoms with Crippen molar-refractivity contribution in [3.8, 4) is 0 Å². The lowest BCUT2D eigenvalue weighted by atomic mass is 10.1. The number of fused-ring (bicyclic) bond motifs is 1. The zero-order chi connectivity index (χ0) is 15.7. The van der Waals surface area contributed by atoms with Gasteiger partial charge in [0.2, 0.25) is 0 Å². The van der Waals surface area contributed by atoms with Crippen molar-refractivity contribution in [3.05, 3.63) is 65.7 Å². The number of para-hydroxylation sites is 2. The molecule has 3 aromatic rings. The van der Waals surface area contributed by atoms with Gasteiger partial charge in [0.15, 0.2) is 0 Å². The summed E-state index contributed by atoms with van der Waals surface area (Å²) < 4.78 is 15.0. The highest BCUT2D eigenvalue weighted by Crippen LogP contribution is 2.24. The van der Waals surface area contributed by atoms with Crippen LogP contribution >= 0.6 is 0 Å². The Kier molecular flexibility index (Phi) is 3.92. The van der Waals surface area contributed by atoms with Crippen LogP contribution in [0.2, 0.25) is 0 Å². The lowest BCUT2D eigenvalue weighted by molar-refractivity contribution is 0.173. The summed E-state index contributed by atoms with van der Waals surface area (Å²) in [5.74, 6) is 0.363. The fraction of sp³-hybridized carbons (Fsp3) is 0.235. The smallest absolute Gasteiger partial charge is 0.131 e. The molecule has 0 aliphatic heterocycles. The minimum atomic E-state index is -0.517. The van der Waals surface area contributed by atoms with Gasteiger partial charge >= 0.3 is 0 Å². The lowest BCUT2D eigenvalue weighted by Gasteiger charge is -2.16. The highest BCUT2D eigenvalue weighted by atomic mass is 19.1. The molecule has 5 heteroatoms. The van der Waals surface area contributed by atoms with Crippen LogP contribution in [0.1, 0.15) is 24.4 Å². The highest BCUT2D eigenvalue weighted by Gasteiger charge is 2.19. The van der Waals surface area contributed by atoms with E-state index in [1.807, 2.05) is 28.8 Å². The van der Waals surface area contributed by atoms with Gasteiger partial charge in [-0.1, -0.05) is 24.3 Å². The maximum absolute atomic E-state index is 13.1. The van der Waals surface area contributed by atoms with E-state index in [4.69, 9.17) is 5.73 Å². The van der Waals surface area contributed by atoms with Gasteiger partial charge < -0.3 is 15.4 Å². The van der Waals surface area contributed by atoms with E-state index in [0.29, 0.717) is 12.4 Å². The average Bonchev–Trinajstić information content (AvgIpc) is 2.86. The molecule has 1 aromatic heterocycles. The normalized spacial score (nSPS) is 14.2. The molecule has 0 saturated heterocycles. The number of nitrogens with two attached hydrogens (primary N) is 1. The average molecular weight is 299 g/mol. The lowest BCUT2D eigenvalue weighted by Crippen LogP contribution is -2.21. The van der Waals surface area contributed by atoms with Gasteiger partial charge in [-0.15, -0.1) is 0 Å². The minimum absolute atomic E-state index is 0.298. The van der Waals surface area contributed by atoms with E-state index < -0.39 is 12.1 Å². The summed E-state index contributed by atoms with van der Waals surface area (Å²) in [6, 6.07) is 13.3. The molecule has 1 heterocycles. The van der Waals surface area contributed by atoms with Gasteiger partial charge in [0.05, 0.1) is 29.7 Å². The van der Waals surface area contributed by atoms with Gasteiger partial charge in [0.1, 0.15) is 11.6 Å². The molecule has 0 fully saturated rings. The van der Waals surface area contributed by atoms with E-state index >= 15 is 0 Å². The molecule has 0 radical (unpaired) electrons. The molecule has 3 rings (SSSR count). The van der Waals surface area contributed by atoms with Gasteiger partial charge in [0.25, 0.3) is 0 Å². The minimum Gasteiger partial charge on any atom is -0.392 e. The third kappa shape index (κ3) is 2.73. The van der Waals surface area contributed by atoms with Crippen molar-refractivity contribution in [3.63, 3.8) is 0 Å². The molecule has 0 spiro atoms. The van der Waals surface area contributed by atoms with Crippen LogP contribution in [0.5, 0.6) is 0 Å². The highest BCUT2D eigenvalue weighted by molar-refractivity contribution is 5.76. The summed E-state index contributed by atoms with van der Waals surface area (Å²) in [5.41, 5.74) is 8.86. The van der Waals surface area contributed by atoms with Gasteiger partial charge in [-0.2, -0.15) is 0 Å². The molecule has 114 valence electrons. The molecular weight excluding hydrogens is 281 g/mol. The van der Waals surface area contributed by atoms with E-state index in [-0.39, 0.29) is 5.82 Å². The van der Waals surface area contributed by atoms with Crippen LogP contribution < -0.4 is 5.73 Å². The van der Waals surface area contributed by atoms with Crippen LogP contribution in [0, 0.1) is 5.82 Å². The Bertz CT molecular complexity index is 780. The SMILES string of the molecule is CC(O)Cn1c(C(N)c2ccc(F)cc2)nc2ccccc21. The number of rotatable bonds is 4. The second kappa shape index (κ2) is 5.87. The molecule has 0 bridgehead atoms. The van der Waals surface area contributed by atoms with Crippen molar-refractivity contribution in [2.45, 2.75) is 25.6 Å². The van der Waals surface area contributed by atoms with Crippen LogP contribution in [0.15, 0.2) is 48.5 Å². The number of hydrogen-bond acceptors (Lipinski definition) is 3. The van der Waals surface area contributed by atoms with Crippen molar-refractivity contribution in [2.24, 2.45) is 5.73 Å². The fourth-order valence-electron chi connectivity index (χ4n) is 2.61. The molecule has 4 nitrogen and oxygen atoms in total. The number of hydrogen-bond donors (Lipinski definition) is 2. The van der Waals surface area contributed by atoms with Gasteiger partial charge in [0, 0.05) is 0 Å². The van der Waals surface area contributed by atoms with E-state index in [1.165, 1.54) is 12.1 Å². The van der Waals surface area contributed by atoms with Crippen LogP contribution in [0.25, 0.3) is 11.0 Å². The number of halogens is 1. The number of aliphatic hydroxyl groups is 1. The molecule has 0 saturated carbocycles. The van der Waals surface area contributed by atoms with Crippen LogP contribution in [0.3, 0.4) is 0 Å². The first kappa shape index (κ1) is 14.7. The maximum atomic E-state index is 13.1. The zero-order valence-corrected chi connectivity index (χ0v) is 12.3. The van der Waals surface area contributed by atoms with Gasteiger partial charge in [-0.05, 0) is 36.8 Å². The van der Waals surface area contributed by atoms with Crippen molar-refractivity contribution in [2.75, 3.05) is 0 Å². The fourth-order valence-corrected chi connectivity index (χ4v) is 2.61. The third-order valence-electron chi connectivity index (χ3n) is 3.64. The zero-order valence-electron chi connectivity index (χ0n) is 12.3. The number of benzene rings is 2. The van der Waals surface area contributed by atoms with E-state index in [9.17, 15) is 9.50 Å². The monoisotopic (exact) mass is 299 g/mol. The molecule has 0 aliphatic carbocycles. The molecule has 0 aliphatic rings. The molecule has 22 heavy (non-hydrogen) atoms. The van der Waals surface area contributed by atoms with E-state index in [2.05, 4.69) is 4.98 Å². The predicted octanol–water partition coefficient (Wildman–Crippen LogP) is 2.60. The second-order valence-electron chi connectivity index (χ2n) is 5.45. The van der Waals surface area contributed by atoms with Crippen molar-refractivity contribution in [1.29, 1.82) is 0 Å². The first-order chi connectivity index (χ1) is 10.6. The Morgan fingerprint density at radius 3 is 2.55 bits per heavy atom. The van der Waals surface area contributed by atoms with Crippen molar-refractivity contribution < 1.29 is 9.50 Å². The molecular formula is C17H18FN3O. The van der Waals surface area contributed by atoms with Gasteiger partial charge in [-0.3, -0.25) is 0 Å². The third-order valence-corrected chi connectivity index (χ3v) is 3.64. The standard InChI is InChI=1S/C17H18FN3O/c1-11(22)10-21-15-5-3-2-4-14(15)20-17(21)16(19)12-6-8-13(18)9-7-12/h2-9,11,16,22H,10,19H2,1H3.